The van der Waals surface area contributed by atoms with Crippen molar-refractivity contribution in [3.8, 4) is 0 Å². The van der Waals surface area contributed by atoms with Gasteiger partial charge in [0.2, 0.25) is 0 Å². The number of nitrogens with zero attached hydrogens (tertiary/aromatic N) is 1. The van der Waals surface area contributed by atoms with Gasteiger partial charge < -0.3 is 15.8 Å². The van der Waals surface area contributed by atoms with Crippen LogP contribution in [0.3, 0.4) is 0 Å². The maximum atomic E-state index is 12.0. The van der Waals surface area contributed by atoms with Crippen molar-refractivity contribution in [1.82, 2.24) is 0 Å². The van der Waals surface area contributed by atoms with Gasteiger partial charge in [0.1, 0.15) is 5.69 Å². The van der Waals surface area contributed by atoms with Crippen LogP contribution < -0.4 is 11.1 Å². The lowest BCUT2D eigenvalue weighted by atomic mass is 10.2. The molecule has 0 aromatic heterocycles. The van der Waals surface area contributed by atoms with Gasteiger partial charge in [0, 0.05) is 16.2 Å². The Labute approximate surface area is 151 Å². The maximum absolute atomic E-state index is 12.0. The molecule has 2 rings (SSSR count). The summed E-state index contributed by atoms with van der Waals surface area (Å²) < 4.78 is 5.53. The second kappa shape index (κ2) is 7.75. The molecule has 0 fully saturated rings. The van der Waals surface area contributed by atoms with Gasteiger partial charge in [-0.05, 0) is 36.8 Å². The summed E-state index contributed by atoms with van der Waals surface area (Å²) in [6, 6.07) is 9.03. The number of amides is 1. The molecular weight excluding hydrogens is 394 g/mol. The van der Waals surface area contributed by atoms with E-state index in [9.17, 15) is 19.7 Å². The lowest BCUT2D eigenvalue weighted by Gasteiger charge is -2.09. The summed E-state index contributed by atoms with van der Waals surface area (Å²) in [6.45, 7) is 1.10. The van der Waals surface area contributed by atoms with E-state index in [0.717, 1.165) is 0 Å². The number of nitrogen functional groups attached to an aromatic ring is 1. The van der Waals surface area contributed by atoms with E-state index >= 15 is 0 Å². The summed E-state index contributed by atoms with van der Waals surface area (Å²) in [5.74, 6) is -1.47. The first-order valence-electron chi connectivity index (χ1n) is 7.05. The van der Waals surface area contributed by atoms with Crippen LogP contribution in [0.5, 0.6) is 0 Å². The number of carbonyl (C=O) groups excluding carboxylic acids is 2. The van der Waals surface area contributed by atoms with E-state index in [2.05, 4.69) is 21.2 Å². The van der Waals surface area contributed by atoms with Gasteiger partial charge in [-0.15, -0.1) is 0 Å². The number of nitro groups is 1. The Morgan fingerprint density at radius 1 is 1.28 bits per heavy atom. The number of anilines is 2. The van der Waals surface area contributed by atoms with Crippen LogP contribution in [0.4, 0.5) is 17.1 Å². The molecule has 130 valence electrons. The monoisotopic (exact) mass is 407 g/mol. The number of rotatable bonds is 5. The molecular formula is C16H14BrN3O5. The number of halogens is 1. The highest BCUT2D eigenvalue weighted by molar-refractivity contribution is 9.10. The summed E-state index contributed by atoms with van der Waals surface area (Å²) >= 11 is 3.21. The fraction of sp³-hybridized carbons (Fsp3) is 0.125. The Hall–Kier alpha value is -2.94. The molecule has 0 spiro atoms. The normalized spacial score (nSPS) is 10.2. The molecule has 8 nitrogen and oxygen atoms in total. The van der Waals surface area contributed by atoms with Gasteiger partial charge in [0.05, 0.1) is 10.5 Å². The molecule has 1 amide bonds. The van der Waals surface area contributed by atoms with Gasteiger partial charge in [0.15, 0.2) is 6.61 Å². The van der Waals surface area contributed by atoms with Crippen LogP contribution in [0.2, 0.25) is 0 Å². The number of hydrogen-bond donors (Lipinski definition) is 2. The Bertz CT molecular complexity index is 854. The molecule has 9 heteroatoms. The lowest BCUT2D eigenvalue weighted by Crippen LogP contribution is -2.21. The van der Waals surface area contributed by atoms with E-state index < -0.39 is 23.4 Å². The summed E-state index contributed by atoms with van der Waals surface area (Å²) in [5.41, 5.74) is 6.48. The number of ether oxygens (including phenoxy) is 1. The Balaban J connectivity index is 2.03. The number of carbonyl (C=O) groups is 2. The predicted octanol–water partition coefficient (Wildman–Crippen LogP) is 3.04. The number of nitro benzene ring substituents is 1. The molecule has 0 saturated carbocycles. The Kier molecular flexibility index (Phi) is 5.71. The summed E-state index contributed by atoms with van der Waals surface area (Å²) in [5, 5.41) is 13.4. The fourth-order valence-corrected chi connectivity index (χ4v) is 2.36. The average molecular weight is 408 g/mol. The number of hydrogen-bond acceptors (Lipinski definition) is 6. The minimum atomic E-state index is -0.771. The third kappa shape index (κ3) is 4.77. The summed E-state index contributed by atoms with van der Waals surface area (Å²) in [6.07, 6.45) is 0. The topological polar surface area (TPSA) is 125 Å². The second-order valence-electron chi connectivity index (χ2n) is 5.13. The number of aryl methyl sites for hydroxylation is 1. The zero-order valence-electron chi connectivity index (χ0n) is 13.1. The molecule has 0 aliphatic heterocycles. The molecule has 0 unspecified atom stereocenters. The zero-order chi connectivity index (χ0) is 18.6. The van der Waals surface area contributed by atoms with E-state index in [-0.39, 0.29) is 22.6 Å². The molecule has 3 N–H and O–H groups in total. The molecule has 0 atom stereocenters. The third-order valence-corrected chi connectivity index (χ3v) is 3.69. The molecule has 0 saturated heterocycles. The van der Waals surface area contributed by atoms with Crippen LogP contribution in [0, 0.1) is 17.0 Å². The van der Waals surface area contributed by atoms with E-state index in [1.54, 1.807) is 19.1 Å². The van der Waals surface area contributed by atoms with E-state index in [1.807, 2.05) is 0 Å². The SMILES string of the molecule is Cc1ccc(NC(=O)COC(=O)c2cc(Br)ccc2N)c([N+](=O)[O-])c1. The number of nitrogens with two attached hydrogens (primary N) is 1. The van der Waals surface area contributed by atoms with Crippen molar-refractivity contribution >= 4 is 44.9 Å². The van der Waals surface area contributed by atoms with Crippen LogP contribution in [0.15, 0.2) is 40.9 Å². The van der Waals surface area contributed by atoms with Crippen LogP contribution in [-0.4, -0.2) is 23.4 Å². The summed E-state index contributed by atoms with van der Waals surface area (Å²) in [4.78, 5) is 34.3. The minimum Gasteiger partial charge on any atom is -0.452 e. The van der Waals surface area contributed by atoms with Crippen LogP contribution >= 0.6 is 15.9 Å². The van der Waals surface area contributed by atoms with Gasteiger partial charge in [-0.3, -0.25) is 14.9 Å². The van der Waals surface area contributed by atoms with Crippen LogP contribution in [0.25, 0.3) is 0 Å². The number of esters is 1. The Morgan fingerprint density at radius 2 is 2.00 bits per heavy atom. The minimum absolute atomic E-state index is 0.0265. The third-order valence-electron chi connectivity index (χ3n) is 3.19. The number of benzene rings is 2. The van der Waals surface area contributed by atoms with Crippen molar-refractivity contribution in [1.29, 1.82) is 0 Å². The molecule has 2 aromatic rings. The molecule has 2 aromatic carbocycles. The highest BCUT2D eigenvalue weighted by Crippen LogP contribution is 2.25. The average Bonchev–Trinajstić information content (AvgIpc) is 2.56. The molecule has 25 heavy (non-hydrogen) atoms. The largest absolute Gasteiger partial charge is 0.452 e. The van der Waals surface area contributed by atoms with Crippen molar-refractivity contribution in [2.45, 2.75) is 6.92 Å². The van der Waals surface area contributed by atoms with Gasteiger partial charge in [0.25, 0.3) is 11.6 Å². The first-order chi connectivity index (χ1) is 11.8. The predicted molar refractivity (Wildman–Crippen MR) is 95.3 cm³/mol. The van der Waals surface area contributed by atoms with Crippen molar-refractivity contribution in [2.75, 3.05) is 17.7 Å². The van der Waals surface area contributed by atoms with Crippen molar-refractivity contribution in [2.24, 2.45) is 0 Å². The fourth-order valence-electron chi connectivity index (χ4n) is 2.00. The second-order valence-corrected chi connectivity index (χ2v) is 6.05. The van der Waals surface area contributed by atoms with Gasteiger partial charge in [-0.1, -0.05) is 22.0 Å². The van der Waals surface area contributed by atoms with Crippen molar-refractivity contribution < 1.29 is 19.2 Å². The summed E-state index contributed by atoms with van der Waals surface area (Å²) in [7, 11) is 0. The van der Waals surface area contributed by atoms with Gasteiger partial charge >= 0.3 is 5.97 Å². The lowest BCUT2D eigenvalue weighted by molar-refractivity contribution is -0.384. The first-order valence-corrected chi connectivity index (χ1v) is 7.84. The van der Waals surface area contributed by atoms with Crippen LogP contribution in [-0.2, 0) is 9.53 Å². The standard InChI is InChI=1S/C16H14BrN3O5/c1-9-2-5-13(14(6-9)20(23)24)19-15(21)8-25-16(22)11-7-10(17)3-4-12(11)18/h2-7H,8,18H2,1H3,(H,19,21). The van der Waals surface area contributed by atoms with Crippen molar-refractivity contribution in [3.63, 3.8) is 0 Å². The molecule has 0 bridgehead atoms. The quantitative estimate of drug-likeness (QED) is 0.339. The smallest absolute Gasteiger partial charge is 0.340 e. The molecule has 0 radical (unpaired) electrons. The maximum Gasteiger partial charge on any atom is 0.340 e. The van der Waals surface area contributed by atoms with E-state index in [1.165, 1.54) is 24.3 Å². The highest BCUT2D eigenvalue weighted by atomic mass is 79.9. The number of nitrogens with one attached hydrogen (secondary N) is 1. The van der Waals surface area contributed by atoms with Gasteiger partial charge in [-0.2, -0.15) is 0 Å². The molecule has 0 aliphatic carbocycles. The van der Waals surface area contributed by atoms with Crippen LogP contribution in [0.1, 0.15) is 15.9 Å². The Morgan fingerprint density at radius 3 is 2.68 bits per heavy atom. The van der Waals surface area contributed by atoms with E-state index in [0.29, 0.717) is 10.0 Å². The van der Waals surface area contributed by atoms with Gasteiger partial charge in [-0.25, -0.2) is 4.79 Å². The zero-order valence-corrected chi connectivity index (χ0v) is 14.7. The van der Waals surface area contributed by atoms with E-state index in [4.69, 9.17) is 10.5 Å². The first kappa shape index (κ1) is 18.4. The van der Waals surface area contributed by atoms with Crippen molar-refractivity contribution in [3.05, 3.63) is 62.1 Å². The molecule has 0 heterocycles. The highest BCUT2D eigenvalue weighted by Gasteiger charge is 2.18. The molecule has 0 aliphatic rings.